The first kappa shape index (κ1) is 10.2. The van der Waals surface area contributed by atoms with Crippen molar-refractivity contribution in [3.63, 3.8) is 0 Å². The van der Waals surface area contributed by atoms with Gasteiger partial charge in [-0.15, -0.1) is 0 Å². The molecule has 0 aromatic heterocycles. The molecule has 0 rings (SSSR count). The van der Waals surface area contributed by atoms with Crippen LogP contribution in [0.1, 0.15) is 34.1 Å². The molecule has 0 aliphatic rings. The van der Waals surface area contributed by atoms with Crippen LogP contribution in [0.15, 0.2) is 0 Å². The summed E-state index contributed by atoms with van der Waals surface area (Å²) in [5.74, 6) is 0. The van der Waals surface area contributed by atoms with Gasteiger partial charge >= 0.3 is 0 Å². The van der Waals surface area contributed by atoms with E-state index in [4.69, 9.17) is 16.3 Å². The van der Waals surface area contributed by atoms with Crippen molar-refractivity contribution < 1.29 is 4.74 Å². The van der Waals surface area contributed by atoms with Gasteiger partial charge in [0.25, 0.3) is 0 Å². The van der Waals surface area contributed by atoms with Crippen molar-refractivity contribution >= 4 is 11.6 Å². The molecule has 0 amide bonds. The second-order valence-electron chi connectivity index (χ2n) is 3.85. The van der Waals surface area contributed by atoms with E-state index in [1.54, 1.807) is 0 Å². The van der Waals surface area contributed by atoms with E-state index in [2.05, 4.69) is 20.8 Å². The van der Waals surface area contributed by atoms with E-state index in [-0.39, 0.29) is 6.10 Å². The second kappa shape index (κ2) is 4.20. The monoisotopic (exact) mass is 164 g/mol. The van der Waals surface area contributed by atoms with Crippen LogP contribution in [0.4, 0.5) is 0 Å². The van der Waals surface area contributed by atoms with Crippen LogP contribution in [-0.2, 0) is 4.74 Å². The molecule has 0 aliphatic heterocycles. The lowest BCUT2D eigenvalue weighted by Gasteiger charge is -2.22. The fraction of sp³-hybridized carbons (Fsp3) is 1.00. The van der Waals surface area contributed by atoms with Crippen molar-refractivity contribution in [2.24, 2.45) is 5.41 Å². The third kappa shape index (κ3) is 6.37. The average Bonchev–Trinajstić information content (AvgIpc) is 1.59. The third-order valence-electron chi connectivity index (χ3n) is 1.25. The molecule has 1 unspecified atom stereocenters. The smallest absolute Gasteiger partial charge is 0.121 e. The molecule has 0 aromatic carbocycles. The van der Waals surface area contributed by atoms with E-state index >= 15 is 0 Å². The first-order valence-corrected chi connectivity index (χ1v) is 4.17. The predicted molar refractivity (Wildman–Crippen MR) is 45.3 cm³/mol. The molecule has 2 heteroatoms. The molecule has 0 saturated carbocycles. The summed E-state index contributed by atoms with van der Waals surface area (Å²) in [4.78, 5) is 0. The summed E-state index contributed by atoms with van der Waals surface area (Å²) in [6.07, 6.45) is 1.33. The Kier molecular flexibility index (Phi) is 4.30. The molecule has 0 aliphatic carbocycles. The van der Waals surface area contributed by atoms with Crippen LogP contribution >= 0.6 is 11.6 Å². The highest BCUT2D eigenvalue weighted by molar-refractivity contribution is 6.17. The van der Waals surface area contributed by atoms with Crippen molar-refractivity contribution in [2.45, 2.75) is 40.2 Å². The first-order chi connectivity index (χ1) is 4.45. The predicted octanol–water partition coefficient (Wildman–Crippen LogP) is 3.02. The minimum atomic E-state index is 0.275. The number of hydrogen-bond donors (Lipinski definition) is 0. The van der Waals surface area contributed by atoms with Gasteiger partial charge in [-0.05, 0) is 18.8 Å². The fourth-order valence-electron chi connectivity index (χ4n) is 1.03. The fourth-order valence-corrected chi connectivity index (χ4v) is 1.24. The highest BCUT2D eigenvalue weighted by Gasteiger charge is 2.14. The Bertz CT molecular complexity index is 85.7. The number of ether oxygens (including phenoxy) is 1. The Balaban J connectivity index is 3.47. The highest BCUT2D eigenvalue weighted by Crippen LogP contribution is 2.21. The average molecular weight is 165 g/mol. The van der Waals surface area contributed by atoms with Gasteiger partial charge in [0.05, 0.1) is 6.10 Å². The minimum absolute atomic E-state index is 0.275. The quantitative estimate of drug-likeness (QED) is 0.583. The van der Waals surface area contributed by atoms with E-state index < -0.39 is 0 Å². The summed E-state index contributed by atoms with van der Waals surface area (Å²) in [5.41, 5.74) is 0.339. The largest absolute Gasteiger partial charge is 0.363 e. The van der Waals surface area contributed by atoms with Gasteiger partial charge in [-0.2, -0.15) is 0 Å². The van der Waals surface area contributed by atoms with Crippen LogP contribution < -0.4 is 0 Å². The molecule has 0 N–H and O–H groups in total. The number of alkyl halides is 1. The van der Waals surface area contributed by atoms with Crippen LogP contribution in [0.5, 0.6) is 0 Å². The summed E-state index contributed by atoms with van der Waals surface area (Å²) in [5, 5.41) is 0. The summed E-state index contributed by atoms with van der Waals surface area (Å²) >= 11 is 5.40. The van der Waals surface area contributed by atoms with E-state index in [1.807, 2.05) is 6.92 Å². The molecule has 0 saturated heterocycles. The van der Waals surface area contributed by atoms with E-state index in [0.717, 1.165) is 6.42 Å². The van der Waals surface area contributed by atoms with Crippen molar-refractivity contribution in [3.8, 4) is 0 Å². The first-order valence-electron chi connectivity index (χ1n) is 3.63. The zero-order valence-electron chi connectivity index (χ0n) is 7.28. The molecule has 1 nitrogen and oxygen atoms in total. The Morgan fingerprint density at radius 1 is 1.40 bits per heavy atom. The molecule has 0 aromatic rings. The van der Waals surface area contributed by atoms with E-state index in [0.29, 0.717) is 11.5 Å². The Hall–Kier alpha value is 0.250. The van der Waals surface area contributed by atoms with Crippen LogP contribution in [-0.4, -0.2) is 12.2 Å². The van der Waals surface area contributed by atoms with Crippen molar-refractivity contribution in [1.82, 2.24) is 0 Å². The lowest BCUT2D eigenvalue weighted by Crippen LogP contribution is -2.17. The SMILES string of the molecule is CC(CC(C)(C)C)OCCl. The van der Waals surface area contributed by atoms with Crippen LogP contribution in [0.3, 0.4) is 0 Å². The van der Waals surface area contributed by atoms with Gasteiger partial charge in [-0.3, -0.25) is 0 Å². The van der Waals surface area contributed by atoms with Crippen LogP contribution in [0.25, 0.3) is 0 Å². The molecule has 0 radical (unpaired) electrons. The van der Waals surface area contributed by atoms with Gasteiger partial charge in [0.15, 0.2) is 0 Å². The van der Waals surface area contributed by atoms with E-state index in [1.165, 1.54) is 0 Å². The zero-order chi connectivity index (χ0) is 8.20. The molecule has 0 spiro atoms. The Labute approximate surface area is 68.7 Å². The molecule has 10 heavy (non-hydrogen) atoms. The van der Waals surface area contributed by atoms with E-state index in [9.17, 15) is 0 Å². The van der Waals surface area contributed by atoms with Gasteiger partial charge in [0.1, 0.15) is 6.07 Å². The highest BCUT2D eigenvalue weighted by atomic mass is 35.5. The van der Waals surface area contributed by atoms with Crippen molar-refractivity contribution in [2.75, 3.05) is 6.07 Å². The van der Waals surface area contributed by atoms with Crippen LogP contribution in [0, 0.1) is 5.41 Å². The van der Waals surface area contributed by atoms with Crippen molar-refractivity contribution in [3.05, 3.63) is 0 Å². The second-order valence-corrected chi connectivity index (χ2v) is 4.07. The van der Waals surface area contributed by atoms with Gasteiger partial charge in [-0.25, -0.2) is 0 Å². The summed E-state index contributed by atoms with van der Waals surface area (Å²) in [6.45, 7) is 8.64. The molecular formula is C8H17ClO. The van der Waals surface area contributed by atoms with Crippen LogP contribution in [0.2, 0.25) is 0 Å². The summed E-state index contributed by atoms with van der Waals surface area (Å²) < 4.78 is 5.18. The molecule has 1 atom stereocenters. The van der Waals surface area contributed by atoms with Gasteiger partial charge in [0.2, 0.25) is 0 Å². The summed E-state index contributed by atoms with van der Waals surface area (Å²) in [7, 11) is 0. The maximum absolute atomic E-state index is 5.40. The normalized spacial score (nSPS) is 15.3. The topological polar surface area (TPSA) is 9.23 Å². The van der Waals surface area contributed by atoms with Crippen molar-refractivity contribution in [1.29, 1.82) is 0 Å². The molecule has 62 valence electrons. The van der Waals surface area contributed by atoms with Gasteiger partial charge in [-0.1, -0.05) is 32.4 Å². The third-order valence-corrected chi connectivity index (χ3v) is 1.37. The van der Waals surface area contributed by atoms with Gasteiger partial charge < -0.3 is 4.74 Å². The molecule has 0 bridgehead atoms. The standard InChI is InChI=1S/C8H17ClO/c1-7(10-6-9)5-8(2,3)4/h7H,5-6H2,1-4H3. The Morgan fingerprint density at radius 3 is 2.20 bits per heavy atom. The molecular weight excluding hydrogens is 148 g/mol. The number of halogens is 1. The number of hydrogen-bond acceptors (Lipinski definition) is 1. The Morgan fingerprint density at radius 2 is 1.90 bits per heavy atom. The number of rotatable bonds is 3. The lowest BCUT2D eigenvalue weighted by molar-refractivity contribution is 0.0676. The summed E-state index contributed by atoms with van der Waals surface area (Å²) in [6, 6.07) is 0.303. The maximum Gasteiger partial charge on any atom is 0.121 e. The van der Waals surface area contributed by atoms with Gasteiger partial charge in [0, 0.05) is 0 Å². The maximum atomic E-state index is 5.40. The lowest BCUT2D eigenvalue weighted by atomic mass is 9.90. The zero-order valence-corrected chi connectivity index (χ0v) is 8.03. The minimum Gasteiger partial charge on any atom is -0.363 e. The molecule has 0 heterocycles. The molecule has 0 fully saturated rings.